The van der Waals surface area contributed by atoms with E-state index < -0.39 is 0 Å². The van der Waals surface area contributed by atoms with E-state index in [2.05, 4.69) is 54.4 Å². The van der Waals surface area contributed by atoms with Crippen LogP contribution in [0.2, 0.25) is 0 Å². The van der Waals surface area contributed by atoms with Crippen LogP contribution >= 0.6 is 0 Å². The van der Waals surface area contributed by atoms with Gasteiger partial charge in [-0.15, -0.1) is 0 Å². The van der Waals surface area contributed by atoms with E-state index in [4.69, 9.17) is 4.74 Å². The van der Waals surface area contributed by atoms with Gasteiger partial charge in [0.05, 0.1) is 17.4 Å². The van der Waals surface area contributed by atoms with Gasteiger partial charge in [-0.3, -0.25) is 5.10 Å². The minimum absolute atomic E-state index is 0.00498. The van der Waals surface area contributed by atoms with E-state index in [1.54, 1.807) is 0 Å². The predicted octanol–water partition coefficient (Wildman–Crippen LogP) is 3.29. The third-order valence-electron chi connectivity index (χ3n) is 5.33. The summed E-state index contributed by atoms with van der Waals surface area (Å²) in [4.78, 5) is 2.35. The van der Waals surface area contributed by atoms with Crippen LogP contribution in [0.1, 0.15) is 70.1 Å². The molecule has 138 valence electrons. The van der Waals surface area contributed by atoms with E-state index in [0.717, 1.165) is 38.9 Å². The van der Waals surface area contributed by atoms with Crippen molar-refractivity contribution in [3.63, 3.8) is 0 Å². The highest BCUT2D eigenvalue weighted by atomic mass is 16.5. The number of rotatable bonds is 9. The number of ether oxygens (including phenoxy) is 1. The number of H-pyrrole nitrogens is 1. The number of aromatic amines is 1. The lowest BCUT2D eigenvalue weighted by molar-refractivity contribution is -0.0876. The average Bonchev–Trinajstić information content (AvgIpc) is 3.01. The number of hydrogen-bond acceptors (Lipinski definition) is 4. The highest BCUT2D eigenvalue weighted by Crippen LogP contribution is 2.36. The predicted molar refractivity (Wildman–Crippen MR) is 99.3 cm³/mol. The van der Waals surface area contributed by atoms with Crippen molar-refractivity contribution < 1.29 is 4.74 Å². The van der Waals surface area contributed by atoms with E-state index in [1.807, 2.05) is 7.05 Å². The van der Waals surface area contributed by atoms with Gasteiger partial charge in [0.1, 0.15) is 0 Å². The van der Waals surface area contributed by atoms with E-state index in [9.17, 15) is 0 Å². The van der Waals surface area contributed by atoms with E-state index in [1.165, 1.54) is 24.1 Å². The Kier molecular flexibility index (Phi) is 7.26. The normalized spacial score (nSPS) is 22.2. The van der Waals surface area contributed by atoms with Crippen molar-refractivity contribution in [3.8, 4) is 0 Å². The largest absolute Gasteiger partial charge is 0.372 e. The van der Waals surface area contributed by atoms with Crippen molar-refractivity contribution in [2.24, 2.45) is 0 Å². The Morgan fingerprint density at radius 3 is 2.67 bits per heavy atom. The smallest absolute Gasteiger partial charge is 0.0697 e. The molecule has 24 heavy (non-hydrogen) atoms. The molecule has 1 heterocycles. The van der Waals surface area contributed by atoms with Crippen LogP contribution in [0.3, 0.4) is 0 Å². The van der Waals surface area contributed by atoms with Crippen molar-refractivity contribution in [1.29, 1.82) is 0 Å². The molecule has 0 unspecified atom stereocenters. The van der Waals surface area contributed by atoms with Crippen LogP contribution in [0, 0.1) is 0 Å². The Balaban J connectivity index is 1.87. The molecule has 0 saturated heterocycles. The van der Waals surface area contributed by atoms with Gasteiger partial charge in [-0.1, -0.05) is 6.92 Å². The van der Waals surface area contributed by atoms with Gasteiger partial charge in [-0.25, -0.2) is 0 Å². The maximum Gasteiger partial charge on any atom is 0.0697 e. The summed E-state index contributed by atoms with van der Waals surface area (Å²) in [5, 5.41) is 10.9. The topological polar surface area (TPSA) is 53.2 Å². The zero-order valence-corrected chi connectivity index (χ0v) is 16.2. The Bertz CT molecular complexity index is 477. The zero-order chi connectivity index (χ0) is 17.6. The minimum atomic E-state index is 0.00498. The van der Waals surface area contributed by atoms with Crippen LogP contribution in [-0.2, 0) is 11.3 Å². The monoisotopic (exact) mass is 336 g/mol. The average molecular weight is 337 g/mol. The van der Waals surface area contributed by atoms with Gasteiger partial charge in [0.25, 0.3) is 0 Å². The molecule has 2 N–H and O–H groups in total. The lowest BCUT2D eigenvalue weighted by atomic mass is 9.83. The molecule has 1 aromatic heterocycles. The number of nitrogens with one attached hydrogen (secondary N) is 2. The molecule has 0 aliphatic heterocycles. The van der Waals surface area contributed by atoms with Gasteiger partial charge in [-0.2, -0.15) is 5.10 Å². The second-order valence-electron chi connectivity index (χ2n) is 7.84. The highest BCUT2D eigenvalue weighted by Gasteiger charge is 2.29. The third-order valence-corrected chi connectivity index (χ3v) is 5.33. The van der Waals surface area contributed by atoms with Crippen molar-refractivity contribution in [2.75, 3.05) is 27.2 Å². The quantitative estimate of drug-likeness (QED) is 0.726. The standard InChI is InChI=1S/C19H36N4O/c1-6-19(2,3)24-17-9-7-15(8-10-17)18-16(13-21-22-18)14-23(5)12-11-20-4/h13,15,17,20H,6-12,14H2,1-5H3,(H,21,22)/t15-,17+. The molecule has 2 rings (SSSR count). The van der Waals surface area contributed by atoms with E-state index in [-0.39, 0.29) is 5.60 Å². The molecule has 0 aromatic carbocycles. The first-order valence-electron chi connectivity index (χ1n) is 9.48. The van der Waals surface area contributed by atoms with Crippen molar-refractivity contribution >= 4 is 0 Å². The van der Waals surface area contributed by atoms with Crippen LogP contribution in [0.4, 0.5) is 0 Å². The van der Waals surface area contributed by atoms with Gasteiger partial charge >= 0.3 is 0 Å². The molecule has 1 aliphatic carbocycles. The third kappa shape index (κ3) is 5.57. The van der Waals surface area contributed by atoms with Gasteiger partial charge in [-0.05, 0) is 60.0 Å². The molecular formula is C19H36N4O. The van der Waals surface area contributed by atoms with Gasteiger partial charge in [0.2, 0.25) is 0 Å². The molecular weight excluding hydrogens is 300 g/mol. The van der Waals surface area contributed by atoms with Crippen LogP contribution in [-0.4, -0.2) is 54.0 Å². The Morgan fingerprint density at radius 1 is 1.33 bits per heavy atom. The first kappa shape index (κ1) is 19.4. The zero-order valence-electron chi connectivity index (χ0n) is 16.2. The fourth-order valence-corrected chi connectivity index (χ4v) is 3.47. The van der Waals surface area contributed by atoms with Crippen LogP contribution in [0.15, 0.2) is 6.20 Å². The Labute approximate surface area is 147 Å². The molecule has 1 aromatic rings. The van der Waals surface area contributed by atoms with Crippen molar-refractivity contribution in [3.05, 3.63) is 17.5 Å². The van der Waals surface area contributed by atoms with E-state index >= 15 is 0 Å². The maximum atomic E-state index is 6.29. The lowest BCUT2D eigenvalue weighted by Gasteiger charge is -2.34. The van der Waals surface area contributed by atoms with Gasteiger partial charge < -0.3 is 15.0 Å². The summed E-state index contributed by atoms with van der Waals surface area (Å²) in [5.74, 6) is 0.577. The molecule has 5 nitrogen and oxygen atoms in total. The molecule has 1 aliphatic rings. The maximum absolute atomic E-state index is 6.29. The second-order valence-corrected chi connectivity index (χ2v) is 7.84. The molecule has 0 amide bonds. The summed E-state index contributed by atoms with van der Waals surface area (Å²) in [6.45, 7) is 9.63. The van der Waals surface area contributed by atoms with E-state index in [0.29, 0.717) is 12.0 Å². The van der Waals surface area contributed by atoms with Crippen molar-refractivity contribution in [1.82, 2.24) is 20.4 Å². The first-order valence-corrected chi connectivity index (χ1v) is 9.48. The van der Waals surface area contributed by atoms with Crippen LogP contribution in [0.5, 0.6) is 0 Å². The van der Waals surface area contributed by atoms with Gasteiger partial charge in [0, 0.05) is 37.3 Å². The molecule has 1 saturated carbocycles. The first-order chi connectivity index (χ1) is 11.4. The summed E-state index contributed by atoms with van der Waals surface area (Å²) in [6, 6.07) is 0. The van der Waals surface area contributed by atoms with Crippen LogP contribution in [0.25, 0.3) is 0 Å². The summed E-state index contributed by atoms with van der Waals surface area (Å²) in [6.07, 6.45) is 8.22. The minimum Gasteiger partial charge on any atom is -0.372 e. The summed E-state index contributed by atoms with van der Waals surface area (Å²) in [5.41, 5.74) is 2.64. The summed E-state index contributed by atoms with van der Waals surface area (Å²) >= 11 is 0. The molecule has 0 spiro atoms. The summed E-state index contributed by atoms with van der Waals surface area (Å²) < 4.78 is 6.29. The number of hydrogen-bond donors (Lipinski definition) is 2. The molecule has 0 bridgehead atoms. The fraction of sp³-hybridized carbons (Fsp3) is 0.842. The SMILES string of the molecule is CCC(C)(C)O[C@H]1CC[C@@H](c2n[nH]cc2CN(C)CCNC)CC1. The molecule has 5 heteroatoms. The summed E-state index contributed by atoms with van der Waals surface area (Å²) in [7, 11) is 4.17. The Morgan fingerprint density at radius 2 is 2.04 bits per heavy atom. The number of nitrogens with zero attached hydrogens (tertiary/aromatic N) is 2. The molecule has 1 fully saturated rings. The molecule has 0 radical (unpaired) electrons. The molecule has 0 atom stereocenters. The highest BCUT2D eigenvalue weighted by molar-refractivity contribution is 5.21. The van der Waals surface area contributed by atoms with Crippen LogP contribution < -0.4 is 5.32 Å². The van der Waals surface area contributed by atoms with Gasteiger partial charge in [0.15, 0.2) is 0 Å². The van der Waals surface area contributed by atoms with Crippen molar-refractivity contribution in [2.45, 2.75) is 77.0 Å². The number of likely N-dealkylation sites (N-methyl/N-ethyl adjacent to an activating group) is 2. The number of aromatic nitrogens is 2. The second kappa shape index (κ2) is 8.97. The fourth-order valence-electron chi connectivity index (χ4n) is 3.47. The Hall–Kier alpha value is -0.910. The lowest BCUT2D eigenvalue weighted by Crippen LogP contribution is -2.32.